The van der Waals surface area contributed by atoms with Crippen molar-refractivity contribution in [3.05, 3.63) is 22.4 Å². The zero-order valence-corrected chi connectivity index (χ0v) is 12.9. The van der Waals surface area contributed by atoms with E-state index in [0.717, 1.165) is 6.04 Å². The molecule has 0 aliphatic heterocycles. The third kappa shape index (κ3) is 7.17. The highest BCUT2D eigenvalue weighted by Gasteiger charge is 2.07. The Morgan fingerprint density at radius 3 is 2.61 bits per heavy atom. The Bertz CT molecular complexity index is 269. The summed E-state index contributed by atoms with van der Waals surface area (Å²) in [6.45, 7) is 5.71. The first-order chi connectivity index (χ1) is 8.86. The van der Waals surface area contributed by atoms with Crippen molar-refractivity contribution in [2.75, 3.05) is 6.54 Å². The van der Waals surface area contributed by atoms with E-state index >= 15 is 0 Å². The Hall–Kier alpha value is -0.340. The molecule has 0 aliphatic carbocycles. The topological polar surface area (TPSA) is 12.0 Å². The molecular formula is C16H29NS. The van der Waals surface area contributed by atoms with Gasteiger partial charge in [-0.25, -0.2) is 0 Å². The zero-order valence-electron chi connectivity index (χ0n) is 12.1. The van der Waals surface area contributed by atoms with Gasteiger partial charge in [-0.05, 0) is 50.1 Å². The van der Waals surface area contributed by atoms with Crippen molar-refractivity contribution in [1.82, 2.24) is 5.32 Å². The first-order valence-corrected chi connectivity index (χ1v) is 8.50. The van der Waals surface area contributed by atoms with Gasteiger partial charge < -0.3 is 5.32 Å². The van der Waals surface area contributed by atoms with E-state index in [0.29, 0.717) is 0 Å². The largest absolute Gasteiger partial charge is 0.314 e. The van der Waals surface area contributed by atoms with Gasteiger partial charge >= 0.3 is 0 Å². The van der Waals surface area contributed by atoms with Crippen LogP contribution in [-0.4, -0.2) is 12.6 Å². The van der Waals surface area contributed by atoms with E-state index in [-0.39, 0.29) is 0 Å². The van der Waals surface area contributed by atoms with Gasteiger partial charge in [-0.15, -0.1) is 11.3 Å². The maximum atomic E-state index is 3.71. The van der Waals surface area contributed by atoms with Gasteiger partial charge in [0.15, 0.2) is 0 Å². The summed E-state index contributed by atoms with van der Waals surface area (Å²) in [7, 11) is 0. The molecule has 1 aromatic heterocycles. The van der Waals surface area contributed by atoms with E-state index < -0.39 is 0 Å². The summed E-state index contributed by atoms with van der Waals surface area (Å²) in [5.41, 5.74) is 0. The molecule has 2 heteroatoms. The smallest absolute Gasteiger partial charge is 0.00671 e. The molecule has 0 bridgehead atoms. The standard InChI is InChI=1S/C16H29NS/c1-3-5-6-9-15(17-13-4-2)10-7-11-16-12-8-14-18-16/h8,12,14-15,17H,3-7,9-11,13H2,1-2H3. The van der Waals surface area contributed by atoms with Crippen molar-refractivity contribution in [3.63, 3.8) is 0 Å². The highest BCUT2D eigenvalue weighted by atomic mass is 32.1. The lowest BCUT2D eigenvalue weighted by molar-refractivity contribution is 0.425. The van der Waals surface area contributed by atoms with Gasteiger partial charge in [0.2, 0.25) is 0 Å². The lowest BCUT2D eigenvalue weighted by atomic mass is 10.0. The summed E-state index contributed by atoms with van der Waals surface area (Å²) in [6.07, 6.45) is 10.6. The van der Waals surface area contributed by atoms with Crippen molar-refractivity contribution in [1.29, 1.82) is 0 Å². The highest BCUT2D eigenvalue weighted by Crippen LogP contribution is 2.15. The van der Waals surface area contributed by atoms with Crippen LogP contribution in [0.3, 0.4) is 0 Å². The predicted octanol–water partition coefficient (Wildman–Crippen LogP) is 5.02. The third-order valence-electron chi connectivity index (χ3n) is 3.40. The Morgan fingerprint density at radius 1 is 1.11 bits per heavy atom. The molecular weight excluding hydrogens is 238 g/mol. The second-order valence-electron chi connectivity index (χ2n) is 5.12. The Kier molecular flexibility index (Phi) is 9.23. The number of thiophene rings is 1. The quantitative estimate of drug-likeness (QED) is 0.555. The van der Waals surface area contributed by atoms with Gasteiger partial charge in [-0.1, -0.05) is 39.2 Å². The van der Waals surface area contributed by atoms with Crippen molar-refractivity contribution >= 4 is 11.3 Å². The van der Waals surface area contributed by atoms with Crippen LogP contribution in [-0.2, 0) is 6.42 Å². The van der Waals surface area contributed by atoms with Gasteiger partial charge in [0, 0.05) is 10.9 Å². The molecule has 0 saturated carbocycles. The maximum Gasteiger partial charge on any atom is 0.00671 e. The van der Waals surface area contributed by atoms with Crippen LogP contribution >= 0.6 is 11.3 Å². The van der Waals surface area contributed by atoms with Crippen LogP contribution in [0.4, 0.5) is 0 Å². The van der Waals surface area contributed by atoms with Gasteiger partial charge in [0.25, 0.3) is 0 Å². The average Bonchev–Trinajstić information content (AvgIpc) is 2.88. The fraction of sp³-hybridized carbons (Fsp3) is 0.750. The number of unbranched alkanes of at least 4 members (excludes halogenated alkanes) is 2. The van der Waals surface area contributed by atoms with Crippen LogP contribution in [0, 0.1) is 0 Å². The van der Waals surface area contributed by atoms with E-state index in [4.69, 9.17) is 0 Å². The molecule has 1 heterocycles. The van der Waals surface area contributed by atoms with Gasteiger partial charge in [0.05, 0.1) is 0 Å². The van der Waals surface area contributed by atoms with Crippen LogP contribution in [0.5, 0.6) is 0 Å². The second-order valence-corrected chi connectivity index (χ2v) is 6.15. The molecule has 0 aromatic carbocycles. The molecule has 104 valence electrons. The molecule has 0 spiro atoms. The monoisotopic (exact) mass is 267 g/mol. The van der Waals surface area contributed by atoms with Gasteiger partial charge in [0.1, 0.15) is 0 Å². The predicted molar refractivity (Wildman–Crippen MR) is 83.5 cm³/mol. The molecule has 0 fully saturated rings. The Labute approximate surface area is 117 Å². The normalized spacial score (nSPS) is 12.8. The summed E-state index contributed by atoms with van der Waals surface area (Å²) in [5, 5.41) is 5.90. The minimum absolute atomic E-state index is 0.747. The van der Waals surface area contributed by atoms with Crippen LogP contribution in [0.25, 0.3) is 0 Å². The fourth-order valence-electron chi connectivity index (χ4n) is 2.32. The Balaban J connectivity index is 2.17. The van der Waals surface area contributed by atoms with Crippen molar-refractivity contribution < 1.29 is 0 Å². The number of aryl methyl sites for hydroxylation is 1. The highest BCUT2D eigenvalue weighted by molar-refractivity contribution is 7.09. The van der Waals surface area contributed by atoms with E-state index in [1.54, 1.807) is 0 Å². The van der Waals surface area contributed by atoms with E-state index in [1.807, 2.05) is 11.3 Å². The Morgan fingerprint density at radius 2 is 1.94 bits per heavy atom. The minimum Gasteiger partial charge on any atom is -0.314 e. The van der Waals surface area contributed by atoms with Crippen molar-refractivity contribution in [2.24, 2.45) is 0 Å². The molecule has 0 amide bonds. The summed E-state index contributed by atoms with van der Waals surface area (Å²) in [5.74, 6) is 0. The summed E-state index contributed by atoms with van der Waals surface area (Å²) < 4.78 is 0. The zero-order chi connectivity index (χ0) is 13.1. The van der Waals surface area contributed by atoms with Crippen LogP contribution in [0.2, 0.25) is 0 Å². The summed E-state index contributed by atoms with van der Waals surface area (Å²) in [4.78, 5) is 1.54. The molecule has 1 nitrogen and oxygen atoms in total. The van der Waals surface area contributed by atoms with E-state index in [9.17, 15) is 0 Å². The molecule has 1 atom stereocenters. The maximum absolute atomic E-state index is 3.71. The molecule has 1 N–H and O–H groups in total. The molecule has 1 aromatic rings. The van der Waals surface area contributed by atoms with Gasteiger partial charge in [-0.2, -0.15) is 0 Å². The summed E-state index contributed by atoms with van der Waals surface area (Å²) >= 11 is 1.89. The lowest BCUT2D eigenvalue weighted by Crippen LogP contribution is -2.29. The second kappa shape index (κ2) is 10.6. The number of hydrogen-bond donors (Lipinski definition) is 1. The number of rotatable bonds is 11. The summed E-state index contributed by atoms with van der Waals surface area (Å²) in [6, 6.07) is 5.17. The molecule has 1 unspecified atom stereocenters. The average molecular weight is 267 g/mol. The lowest BCUT2D eigenvalue weighted by Gasteiger charge is -2.18. The van der Waals surface area contributed by atoms with E-state index in [1.165, 1.54) is 62.8 Å². The van der Waals surface area contributed by atoms with E-state index in [2.05, 4.69) is 36.7 Å². The van der Waals surface area contributed by atoms with Crippen molar-refractivity contribution in [3.8, 4) is 0 Å². The van der Waals surface area contributed by atoms with Crippen LogP contribution in [0.1, 0.15) is 63.7 Å². The minimum atomic E-state index is 0.747. The third-order valence-corrected chi connectivity index (χ3v) is 4.33. The molecule has 0 aliphatic rings. The molecule has 18 heavy (non-hydrogen) atoms. The molecule has 0 radical (unpaired) electrons. The number of hydrogen-bond acceptors (Lipinski definition) is 2. The first-order valence-electron chi connectivity index (χ1n) is 7.62. The van der Waals surface area contributed by atoms with Crippen LogP contribution in [0.15, 0.2) is 17.5 Å². The van der Waals surface area contributed by atoms with Crippen molar-refractivity contribution in [2.45, 2.75) is 71.3 Å². The SMILES string of the molecule is CCCCCC(CCCc1cccs1)NCCC. The first kappa shape index (κ1) is 15.7. The molecule has 0 saturated heterocycles. The van der Waals surface area contributed by atoms with Gasteiger partial charge in [-0.3, -0.25) is 0 Å². The fourth-order valence-corrected chi connectivity index (χ4v) is 3.07. The van der Waals surface area contributed by atoms with Crippen LogP contribution < -0.4 is 5.32 Å². The number of nitrogens with one attached hydrogen (secondary N) is 1. The molecule has 1 rings (SSSR count).